The SMILES string of the molecule is CCNC(=NCc1nc2ccccc2n1C)NCC(O)c1ccc(Cl)s1. The van der Waals surface area contributed by atoms with Gasteiger partial charge >= 0.3 is 0 Å². The third-order valence-electron chi connectivity index (χ3n) is 3.99. The fourth-order valence-corrected chi connectivity index (χ4v) is 3.68. The Kier molecular flexibility index (Phi) is 6.13. The van der Waals surface area contributed by atoms with Crippen LogP contribution in [0.5, 0.6) is 0 Å². The second-order valence-corrected chi connectivity index (χ2v) is 7.56. The average molecular weight is 392 g/mol. The second-order valence-electron chi connectivity index (χ2n) is 5.81. The summed E-state index contributed by atoms with van der Waals surface area (Å²) >= 11 is 7.30. The lowest BCUT2D eigenvalue weighted by molar-refractivity contribution is 0.184. The number of hydrogen-bond acceptors (Lipinski definition) is 4. The van der Waals surface area contributed by atoms with Gasteiger partial charge in [-0.25, -0.2) is 9.98 Å². The molecule has 0 amide bonds. The number of fused-ring (bicyclic) bond motifs is 1. The first-order valence-corrected chi connectivity index (χ1v) is 9.63. The number of thiophene rings is 1. The molecule has 3 aromatic rings. The second kappa shape index (κ2) is 8.53. The van der Waals surface area contributed by atoms with Crippen molar-refractivity contribution in [2.75, 3.05) is 13.1 Å². The van der Waals surface area contributed by atoms with E-state index in [4.69, 9.17) is 11.6 Å². The van der Waals surface area contributed by atoms with Crippen LogP contribution in [0.2, 0.25) is 4.34 Å². The Morgan fingerprint density at radius 3 is 2.81 bits per heavy atom. The van der Waals surface area contributed by atoms with Crippen molar-refractivity contribution in [3.05, 3.63) is 51.4 Å². The molecule has 0 fully saturated rings. The van der Waals surface area contributed by atoms with Gasteiger partial charge in [0.05, 0.1) is 15.4 Å². The van der Waals surface area contributed by atoms with Crippen molar-refractivity contribution in [2.45, 2.75) is 19.6 Å². The number of para-hydroxylation sites is 2. The summed E-state index contributed by atoms with van der Waals surface area (Å²) in [4.78, 5) is 10.0. The molecule has 2 heterocycles. The minimum atomic E-state index is -0.632. The maximum Gasteiger partial charge on any atom is 0.191 e. The summed E-state index contributed by atoms with van der Waals surface area (Å²) in [6.45, 7) is 3.53. The zero-order valence-corrected chi connectivity index (χ0v) is 16.3. The number of aliphatic hydroxyl groups is 1. The molecule has 0 radical (unpaired) electrons. The third-order valence-corrected chi connectivity index (χ3v) is 5.32. The standard InChI is InChI=1S/C18H22ClN5OS/c1-3-20-18(21-10-14(25)15-8-9-16(19)26-15)22-11-17-23-12-6-4-5-7-13(12)24(17)2/h4-9,14,25H,3,10-11H2,1-2H3,(H2,20,21,22). The van der Waals surface area contributed by atoms with Gasteiger partial charge in [0.25, 0.3) is 0 Å². The van der Waals surface area contributed by atoms with Crippen LogP contribution in [0, 0.1) is 0 Å². The maximum atomic E-state index is 10.3. The fourth-order valence-electron chi connectivity index (χ4n) is 2.63. The molecule has 0 spiro atoms. The third kappa shape index (κ3) is 4.35. The van der Waals surface area contributed by atoms with E-state index in [0.717, 1.165) is 28.3 Å². The predicted molar refractivity (Wildman–Crippen MR) is 108 cm³/mol. The van der Waals surface area contributed by atoms with Crippen LogP contribution < -0.4 is 10.6 Å². The number of aliphatic imine (C=N–C) groups is 1. The lowest BCUT2D eigenvalue weighted by Crippen LogP contribution is -2.39. The highest BCUT2D eigenvalue weighted by molar-refractivity contribution is 7.16. The van der Waals surface area contributed by atoms with Crippen LogP contribution in [-0.2, 0) is 13.6 Å². The van der Waals surface area contributed by atoms with Gasteiger partial charge in [0.15, 0.2) is 5.96 Å². The molecule has 26 heavy (non-hydrogen) atoms. The number of aryl methyl sites for hydroxylation is 1. The van der Waals surface area contributed by atoms with Crippen LogP contribution in [0.4, 0.5) is 0 Å². The summed E-state index contributed by atoms with van der Waals surface area (Å²) in [5.74, 6) is 1.52. The topological polar surface area (TPSA) is 74.5 Å². The molecule has 0 bridgehead atoms. The molecule has 0 aliphatic carbocycles. The molecule has 138 valence electrons. The molecule has 1 unspecified atom stereocenters. The van der Waals surface area contributed by atoms with Crippen molar-refractivity contribution >= 4 is 39.9 Å². The van der Waals surface area contributed by atoms with E-state index in [1.54, 1.807) is 6.07 Å². The van der Waals surface area contributed by atoms with Gasteiger partial charge in [-0.3, -0.25) is 0 Å². The van der Waals surface area contributed by atoms with Gasteiger partial charge in [0.2, 0.25) is 0 Å². The zero-order chi connectivity index (χ0) is 18.5. The molecule has 1 atom stereocenters. The van der Waals surface area contributed by atoms with E-state index in [9.17, 15) is 5.11 Å². The Labute approximate surface area is 161 Å². The maximum absolute atomic E-state index is 10.3. The van der Waals surface area contributed by atoms with E-state index >= 15 is 0 Å². The molecule has 6 nitrogen and oxygen atoms in total. The molecule has 3 N–H and O–H groups in total. The van der Waals surface area contributed by atoms with E-state index in [2.05, 4.69) is 20.6 Å². The smallest absolute Gasteiger partial charge is 0.191 e. The highest BCUT2D eigenvalue weighted by Gasteiger charge is 2.11. The van der Waals surface area contributed by atoms with Crippen LogP contribution >= 0.6 is 22.9 Å². The number of aromatic nitrogens is 2. The molecular weight excluding hydrogens is 370 g/mol. The van der Waals surface area contributed by atoms with E-state index in [-0.39, 0.29) is 0 Å². The molecule has 1 aromatic carbocycles. The van der Waals surface area contributed by atoms with Gasteiger partial charge in [-0.05, 0) is 31.2 Å². The van der Waals surface area contributed by atoms with Crippen molar-refractivity contribution in [1.82, 2.24) is 20.2 Å². The molecule has 2 aromatic heterocycles. The van der Waals surface area contributed by atoms with Crippen LogP contribution in [-0.4, -0.2) is 33.7 Å². The molecule has 3 rings (SSSR count). The van der Waals surface area contributed by atoms with Crippen LogP contribution in [0.15, 0.2) is 41.4 Å². The summed E-state index contributed by atoms with van der Waals surface area (Å²) in [6, 6.07) is 11.6. The fraction of sp³-hybridized carbons (Fsp3) is 0.333. The van der Waals surface area contributed by atoms with Crippen LogP contribution in [0.25, 0.3) is 11.0 Å². The number of halogens is 1. The van der Waals surface area contributed by atoms with E-state index < -0.39 is 6.10 Å². The average Bonchev–Trinajstić information content (AvgIpc) is 3.21. The number of nitrogens with one attached hydrogen (secondary N) is 2. The first-order chi connectivity index (χ1) is 12.6. The summed E-state index contributed by atoms with van der Waals surface area (Å²) < 4.78 is 2.71. The summed E-state index contributed by atoms with van der Waals surface area (Å²) in [7, 11) is 1.99. The quantitative estimate of drug-likeness (QED) is 0.446. The Morgan fingerprint density at radius 2 is 2.12 bits per heavy atom. The van der Waals surface area contributed by atoms with Gasteiger partial charge in [0.1, 0.15) is 18.5 Å². The minimum Gasteiger partial charge on any atom is -0.386 e. The van der Waals surface area contributed by atoms with Gasteiger partial charge in [-0.2, -0.15) is 0 Å². The Morgan fingerprint density at radius 1 is 1.31 bits per heavy atom. The highest BCUT2D eigenvalue weighted by Crippen LogP contribution is 2.26. The lowest BCUT2D eigenvalue weighted by atomic mass is 10.3. The van der Waals surface area contributed by atoms with Gasteiger partial charge in [0, 0.05) is 25.0 Å². The first kappa shape index (κ1) is 18.7. The lowest BCUT2D eigenvalue weighted by Gasteiger charge is -2.14. The predicted octanol–water partition coefficient (Wildman–Crippen LogP) is 3.08. The first-order valence-electron chi connectivity index (χ1n) is 8.44. The number of imidazole rings is 1. The number of aliphatic hydroxyl groups excluding tert-OH is 1. The monoisotopic (exact) mass is 391 g/mol. The van der Waals surface area contributed by atoms with Crippen molar-refractivity contribution in [3.63, 3.8) is 0 Å². The molecule has 0 aliphatic heterocycles. The molecule has 8 heteroatoms. The highest BCUT2D eigenvalue weighted by atomic mass is 35.5. The minimum absolute atomic E-state index is 0.352. The van der Waals surface area contributed by atoms with Crippen molar-refractivity contribution in [3.8, 4) is 0 Å². The zero-order valence-electron chi connectivity index (χ0n) is 14.7. The number of hydrogen-bond donors (Lipinski definition) is 3. The molecular formula is C18H22ClN5OS. The number of benzene rings is 1. The summed E-state index contributed by atoms with van der Waals surface area (Å²) in [6.07, 6.45) is -0.632. The Balaban J connectivity index is 1.67. The van der Waals surface area contributed by atoms with Crippen LogP contribution in [0.1, 0.15) is 23.7 Å². The molecule has 0 aliphatic rings. The van der Waals surface area contributed by atoms with Crippen molar-refractivity contribution in [1.29, 1.82) is 0 Å². The number of guanidine groups is 1. The Bertz CT molecular complexity index is 904. The normalized spacial score (nSPS) is 13.2. The van der Waals surface area contributed by atoms with Gasteiger partial charge in [-0.1, -0.05) is 23.7 Å². The number of rotatable bonds is 6. The van der Waals surface area contributed by atoms with Crippen molar-refractivity contribution < 1.29 is 5.11 Å². The van der Waals surface area contributed by atoms with Crippen molar-refractivity contribution in [2.24, 2.45) is 12.0 Å². The Hall–Kier alpha value is -2.09. The van der Waals surface area contributed by atoms with E-state index in [1.807, 2.05) is 48.9 Å². The van der Waals surface area contributed by atoms with E-state index in [1.165, 1.54) is 11.3 Å². The van der Waals surface area contributed by atoms with Gasteiger partial charge < -0.3 is 20.3 Å². The molecule has 0 saturated carbocycles. The van der Waals surface area contributed by atoms with E-state index in [0.29, 0.717) is 23.4 Å². The molecule has 0 saturated heterocycles. The summed E-state index contributed by atoms with van der Waals surface area (Å²) in [5, 5.41) is 16.6. The number of nitrogens with zero attached hydrogens (tertiary/aromatic N) is 3. The largest absolute Gasteiger partial charge is 0.386 e. The van der Waals surface area contributed by atoms with Crippen LogP contribution in [0.3, 0.4) is 0 Å². The summed E-state index contributed by atoms with van der Waals surface area (Å²) in [5.41, 5.74) is 2.05. The van der Waals surface area contributed by atoms with Gasteiger partial charge in [-0.15, -0.1) is 11.3 Å².